The lowest BCUT2D eigenvalue weighted by Crippen LogP contribution is -2.45. The Kier molecular flexibility index (Phi) is 5.13. The van der Waals surface area contributed by atoms with Crippen LogP contribution in [0.15, 0.2) is 18.2 Å². The maximum absolute atomic E-state index is 12.8. The van der Waals surface area contributed by atoms with Gasteiger partial charge in [-0.05, 0) is 25.5 Å². The molecule has 0 radical (unpaired) electrons. The van der Waals surface area contributed by atoms with Crippen molar-refractivity contribution in [3.8, 4) is 0 Å². The van der Waals surface area contributed by atoms with Gasteiger partial charge in [0, 0.05) is 21.7 Å². The molecule has 1 aromatic rings. The van der Waals surface area contributed by atoms with Crippen LogP contribution in [0.25, 0.3) is 0 Å². The number of hydrogen-bond donors (Lipinski definition) is 2. The average molecular weight is 434 g/mol. The van der Waals surface area contributed by atoms with Gasteiger partial charge in [0.15, 0.2) is 9.84 Å². The largest absolute Gasteiger partial charge is 0.351 e. The number of carbonyl (C=O) groups excluding carboxylic acids is 3. The fourth-order valence-electron chi connectivity index (χ4n) is 3.24. The van der Waals surface area contributed by atoms with E-state index >= 15 is 0 Å². The zero-order valence-electron chi connectivity index (χ0n) is 14.3. The fraction of sp³-hybridized carbons (Fsp3) is 0.438. The first-order chi connectivity index (χ1) is 12.5. The molecule has 0 spiro atoms. The average Bonchev–Trinajstić information content (AvgIpc) is 2.99. The van der Waals surface area contributed by atoms with Crippen LogP contribution >= 0.6 is 23.2 Å². The second kappa shape index (κ2) is 6.96. The van der Waals surface area contributed by atoms with Crippen LogP contribution < -0.4 is 10.6 Å². The normalized spacial score (nSPS) is 26.9. The van der Waals surface area contributed by atoms with Crippen LogP contribution in [0.5, 0.6) is 0 Å². The lowest BCUT2D eigenvalue weighted by molar-refractivity contribution is -0.135. The Morgan fingerprint density at radius 1 is 1.37 bits per heavy atom. The monoisotopic (exact) mass is 433 g/mol. The maximum Gasteiger partial charge on any atom is 0.325 e. The smallest absolute Gasteiger partial charge is 0.325 e. The van der Waals surface area contributed by atoms with Gasteiger partial charge in [-0.25, -0.2) is 13.2 Å². The molecular weight excluding hydrogens is 417 g/mol. The lowest BCUT2D eigenvalue weighted by Gasteiger charge is -2.23. The summed E-state index contributed by atoms with van der Waals surface area (Å²) in [6, 6.07) is 3.29. The molecule has 2 atom stereocenters. The van der Waals surface area contributed by atoms with E-state index in [1.54, 1.807) is 6.07 Å². The van der Waals surface area contributed by atoms with E-state index in [1.807, 2.05) is 0 Å². The Morgan fingerprint density at radius 2 is 2.07 bits per heavy atom. The first-order valence-corrected chi connectivity index (χ1v) is 10.7. The molecule has 1 aromatic carbocycles. The summed E-state index contributed by atoms with van der Waals surface area (Å²) >= 11 is 12.0. The molecule has 0 aromatic heterocycles. The van der Waals surface area contributed by atoms with Crippen molar-refractivity contribution < 1.29 is 22.8 Å². The molecule has 0 aliphatic carbocycles. The van der Waals surface area contributed by atoms with E-state index in [1.165, 1.54) is 19.1 Å². The minimum atomic E-state index is -3.15. The van der Waals surface area contributed by atoms with Crippen LogP contribution in [-0.4, -0.2) is 55.3 Å². The van der Waals surface area contributed by atoms with Crippen LogP contribution in [0.1, 0.15) is 18.9 Å². The SMILES string of the molecule is C[C@@]1(c2ccc(Cl)cc2Cl)NC(=O)N(CC(=O)N[C@@H]2CCS(=O)(=O)C2)C1=O. The second-order valence-corrected chi connectivity index (χ2v) is 9.81. The zero-order valence-corrected chi connectivity index (χ0v) is 16.6. The summed E-state index contributed by atoms with van der Waals surface area (Å²) in [5.41, 5.74) is -1.08. The molecule has 0 bridgehead atoms. The number of nitrogens with one attached hydrogen (secondary N) is 2. The standard InChI is InChI=1S/C16H17Cl2N3O5S/c1-16(11-3-2-9(17)6-12(11)18)14(23)21(15(24)20-16)7-13(22)19-10-4-5-27(25,26)8-10/h2-3,6,10H,4-5,7-8H2,1H3,(H,19,22)(H,20,24)/t10-,16+/m1/s1. The molecule has 146 valence electrons. The molecule has 0 saturated carbocycles. The van der Waals surface area contributed by atoms with E-state index in [-0.39, 0.29) is 16.5 Å². The number of amides is 4. The van der Waals surface area contributed by atoms with Gasteiger partial charge in [-0.2, -0.15) is 0 Å². The number of benzene rings is 1. The molecule has 2 heterocycles. The molecule has 3 rings (SSSR count). The van der Waals surface area contributed by atoms with Crippen molar-refractivity contribution >= 4 is 50.9 Å². The van der Waals surface area contributed by atoms with Gasteiger partial charge in [0.1, 0.15) is 12.1 Å². The van der Waals surface area contributed by atoms with Crippen molar-refractivity contribution in [1.29, 1.82) is 0 Å². The highest BCUT2D eigenvalue weighted by Gasteiger charge is 2.50. The van der Waals surface area contributed by atoms with E-state index < -0.39 is 45.8 Å². The third kappa shape index (κ3) is 3.90. The molecule has 0 unspecified atom stereocenters. The van der Waals surface area contributed by atoms with Gasteiger partial charge in [0.05, 0.1) is 11.5 Å². The molecule has 2 saturated heterocycles. The Morgan fingerprint density at radius 3 is 2.67 bits per heavy atom. The highest BCUT2D eigenvalue weighted by molar-refractivity contribution is 7.91. The summed E-state index contributed by atoms with van der Waals surface area (Å²) in [7, 11) is -3.15. The van der Waals surface area contributed by atoms with Gasteiger partial charge >= 0.3 is 6.03 Å². The molecule has 2 aliphatic rings. The predicted octanol–water partition coefficient (Wildman–Crippen LogP) is 1.06. The van der Waals surface area contributed by atoms with E-state index in [0.717, 1.165) is 4.90 Å². The molecule has 4 amide bonds. The minimum absolute atomic E-state index is 0.00815. The van der Waals surface area contributed by atoms with Gasteiger partial charge in [-0.3, -0.25) is 14.5 Å². The highest BCUT2D eigenvalue weighted by Crippen LogP contribution is 2.34. The first kappa shape index (κ1) is 19.9. The topological polar surface area (TPSA) is 113 Å². The highest BCUT2D eigenvalue weighted by atomic mass is 35.5. The molecule has 8 nitrogen and oxygen atoms in total. The van der Waals surface area contributed by atoms with Crippen molar-refractivity contribution in [3.63, 3.8) is 0 Å². The van der Waals surface area contributed by atoms with Crippen LogP contribution in [0.3, 0.4) is 0 Å². The van der Waals surface area contributed by atoms with E-state index in [0.29, 0.717) is 17.0 Å². The molecule has 2 aliphatic heterocycles. The van der Waals surface area contributed by atoms with Gasteiger partial charge in [-0.15, -0.1) is 0 Å². The maximum atomic E-state index is 12.8. The summed E-state index contributed by atoms with van der Waals surface area (Å²) in [5, 5.41) is 5.70. The number of halogens is 2. The molecule has 27 heavy (non-hydrogen) atoms. The van der Waals surface area contributed by atoms with Crippen LogP contribution in [0.2, 0.25) is 10.0 Å². The Balaban J connectivity index is 1.73. The van der Waals surface area contributed by atoms with Gasteiger partial charge < -0.3 is 10.6 Å². The number of carbonyl (C=O) groups is 3. The third-order valence-corrected chi connectivity index (χ3v) is 6.96. The Labute approximate surface area is 166 Å². The van der Waals surface area contributed by atoms with Crippen molar-refractivity contribution in [3.05, 3.63) is 33.8 Å². The van der Waals surface area contributed by atoms with Crippen molar-refractivity contribution in [2.75, 3.05) is 18.1 Å². The van der Waals surface area contributed by atoms with E-state index in [9.17, 15) is 22.8 Å². The van der Waals surface area contributed by atoms with Gasteiger partial charge in [0.25, 0.3) is 5.91 Å². The van der Waals surface area contributed by atoms with Crippen LogP contribution in [-0.2, 0) is 25.0 Å². The van der Waals surface area contributed by atoms with Crippen LogP contribution in [0, 0.1) is 0 Å². The molecular formula is C16H17Cl2N3O5S. The minimum Gasteiger partial charge on any atom is -0.351 e. The fourth-order valence-corrected chi connectivity index (χ4v) is 5.51. The number of hydrogen-bond acceptors (Lipinski definition) is 5. The van der Waals surface area contributed by atoms with E-state index in [2.05, 4.69) is 10.6 Å². The van der Waals surface area contributed by atoms with Crippen molar-refractivity contribution in [1.82, 2.24) is 15.5 Å². The van der Waals surface area contributed by atoms with Gasteiger partial charge in [-0.1, -0.05) is 29.3 Å². The number of sulfone groups is 1. The lowest BCUT2D eigenvalue weighted by atomic mass is 9.92. The summed E-state index contributed by atoms with van der Waals surface area (Å²) in [6.45, 7) is 0.978. The Hall–Kier alpha value is -1.84. The number of nitrogens with zero attached hydrogens (tertiary/aromatic N) is 1. The molecule has 11 heteroatoms. The van der Waals surface area contributed by atoms with Crippen molar-refractivity contribution in [2.45, 2.75) is 24.9 Å². The van der Waals surface area contributed by atoms with E-state index in [4.69, 9.17) is 23.2 Å². The first-order valence-electron chi connectivity index (χ1n) is 8.11. The summed E-state index contributed by atoms with van der Waals surface area (Å²) in [4.78, 5) is 38.1. The number of imide groups is 1. The summed E-state index contributed by atoms with van der Waals surface area (Å²) in [5.74, 6) is -1.37. The van der Waals surface area contributed by atoms with Crippen molar-refractivity contribution in [2.24, 2.45) is 0 Å². The Bertz CT molecular complexity index is 936. The molecule has 2 fully saturated rings. The van der Waals surface area contributed by atoms with Gasteiger partial charge in [0.2, 0.25) is 5.91 Å². The number of urea groups is 1. The zero-order chi connectivity index (χ0) is 20.0. The summed E-state index contributed by atoms with van der Waals surface area (Å²) < 4.78 is 22.9. The second-order valence-electron chi connectivity index (χ2n) is 6.74. The van der Waals surface area contributed by atoms with Crippen LogP contribution in [0.4, 0.5) is 4.79 Å². The summed E-state index contributed by atoms with van der Waals surface area (Å²) in [6.07, 6.45) is 0.312. The predicted molar refractivity (Wildman–Crippen MR) is 99.3 cm³/mol. The molecule has 2 N–H and O–H groups in total. The quantitative estimate of drug-likeness (QED) is 0.689. The third-order valence-electron chi connectivity index (χ3n) is 4.64. The number of rotatable bonds is 4.